The number of nitrogens with two attached hydrogens (primary N) is 1. The largest absolute Gasteiger partial charge is 0.268 e. The van der Waals surface area contributed by atoms with E-state index in [9.17, 15) is 8.42 Å². The molecule has 3 aromatic rings. The van der Waals surface area contributed by atoms with Crippen molar-refractivity contribution in [2.24, 2.45) is 5.14 Å². The van der Waals surface area contributed by atoms with E-state index in [0.29, 0.717) is 11.6 Å². The molecule has 0 radical (unpaired) electrons. The highest BCUT2D eigenvalue weighted by Gasteiger charge is 2.14. The zero-order valence-corrected chi connectivity index (χ0v) is 14.8. The van der Waals surface area contributed by atoms with Crippen molar-refractivity contribution in [1.29, 1.82) is 0 Å². The van der Waals surface area contributed by atoms with Gasteiger partial charge in [0, 0.05) is 22.3 Å². The van der Waals surface area contributed by atoms with Crippen molar-refractivity contribution in [2.75, 3.05) is 0 Å². The summed E-state index contributed by atoms with van der Waals surface area (Å²) >= 11 is 5.97. The summed E-state index contributed by atoms with van der Waals surface area (Å²) in [5, 5.41) is 10.4. The van der Waals surface area contributed by atoms with Crippen LogP contribution in [0.2, 0.25) is 5.02 Å². The van der Waals surface area contributed by atoms with Gasteiger partial charge in [-0.3, -0.25) is 4.68 Å². The lowest BCUT2D eigenvalue weighted by Crippen LogP contribution is -2.11. The number of primary sulfonamides is 1. The zero-order chi connectivity index (χ0) is 18.0. The maximum absolute atomic E-state index is 11.4. The van der Waals surface area contributed by atoms with Crippen molar-refractivity contribution in [2.45, 2.75) is 11.4 Å². The van der Waals surface area contributed by atoms with Gasteiger partial charge in [0.15, 0.2) is 0 Å². The van der Waals surface area contributed by atoms with Crippen LogP contribution in [0, 0.1) is 0 Å². The van der Waals surface area contributed by atoms with Crippen LogP contribution in [0.5, 0.6) is 0 Å². The SMILES string of the molecule is C=CCn1cc(-c2ccc(Cl)cc2)c(-c2ccc(S(N)(=O)=O)cc2)n1. The molecule has 0 aliphatic heterocycles. The molecular weight excluding hydrogens is 358 g/mol. The van der Waals surface area contributed by atoms with Gasteiger partial charge in [0.05, 0.1) is 11.4 Å². The second-order valence-corrected chi connectivity index (χ2v) is 7.48. The Labute approximate surface area is 151 Å². The van der Waals surface area contributed by atoms with Gasteiger partial charge in [0.2, 0.25) is 10.0 Å². The van der Waals surface area contributed by atoms with Gasteiger partial charge < -0.3 is 0 Å². The van der Waals surface area contributed by atoms with Gasteiger partial charge in [-0.05, 0) is 29.8 Å². The minimum atomic E-state index is -3.73. The van der Waals surface area contributed by atoms with Gasteiger partial charge in [-0.1, -0.05) is 41.9 Å². The quantitative estimate of drug-likeness (QED) is 0.692. The number of rotatable bonds is 5. The van der Waals surface area contributed by atoms with E-state index < -0.39 is 10.0 Å². The molecule has 0 saturated heterocycles. The van der Waals surface area contributed by atoms with Crippen LogP contribution < -0.4 is 5.14 Å². The number of hydrogen-bond acceptors (Lipinski definition) is 3. The van der Waals surface area contributed by atoms with Gasteiger partial charge in [0.1, 0.15) is 5.69 Å². The molecule has 0 unspecified atom stereocenters. The molecule has 0 saturated carbocycles. The van der Waals surface area contributed by atoms with E-state index in [1.165, 1.54) is 12.1 Å². The first-order chi connectivity index (χ1) is 11.9. The fraction of sp³-hybridized carbons (Fsp3) is 0.0556. The van der Waals surface area contributed by atoms with Crippen molar-refractivity contribution in [1.82, 2.24) is 9.78 Å². The van der Waals surface area contributed by atoms with Crippen LogP contribution in [0.25, 0.3) is 22.4 Å². The lowest BCUT2D eigenvalue weighted by Gasteiger charge is -2.04. The molecule has 1 aromatic heterocycles. The average molecular weight is 374 g/mol. The van der Waals surface area contributed by atoms with Crippen molar-refractivity contribution in [3.63, 3.8) is 0 Å². The zero-order valence-electron chi connectivity index (χ0n) is 13.3. The molecule has 0 atom stereocenters. The van der Waals surface area contributed by atoms with Crippen LogP contribution in [0.1, 0.15) is 0 Å². The first-order valence-electron chi connectivity index (χ1n) is 7.46. The average Bonchev–Trinajstić information content (AvgIpc) is 2.99. The number of hydrogen-bond donors (Lipinski definition) is 1. The fourth-order valence-corrected chi connectivity index (χ4v) is 3.14. The van der Waals surface area contributed by atoms with Gasteiger partial charge >= 0.3 is 0 Å². The molecule has 2 aromatic carbocycles. The van der Waals surface area contributed by atoms with Crippen LogP contribution in [-0.2, 0) is 16.6 Å². The summed E-state index contributed by atoms with van der Waals surface area (Å²) in [4.78, 5) is 0.0646. The Kier molecular flexibility index (Phi) is 4.76. The van der Waals surface area contributed by atoms with Gasteiger partial charge in [0.25, 0.3) is 0 Å². The van der Waals surface area contributed by atoms with Crippen molar-refractivity contribution < 1.29 is 8.42 Å². The Bertz CT molecular complexity index is 1010. The number of benzene rings is 2. The van der Waals surface area contributed by atoms with Crippen LogP contribution in [-0.4, -0.2) is 18.2 Å². The lowest BCUT2D eigenvalue weighted by atomic mass is 10.0. The van der Waals surface area contributed by atoms with E-state index in [1.54, 1.807) is 22.9 Å². The normalized spacial score (nSPS) is 11.4. The van der Waals surface area contributed by atoms with E-state index in [4.69, 9.17) is 16.7 Å². The van der Waals surface area contributed by atoms with Crippen molar-refractivity contribution >= 4 is 21.6 Å². The monoisotopic (exact) mass is 373 g/mol. The Morgan fingerprint density at radius 1 is 1.08 bits per heavy atom. The molecule has 3 rings (SSSR count). The molecule has 0 aliphatic carbocycles. The van der Waals surface area contributed by atoms with E-state index in [-0.39, 0.29) is 4.90 Å². The third-order valence-electron chi connectivity index (χ3n) is 3.69. The third kappa shape index (κ3) is 3.82. The second kappa shape index (κ2) is 6.84. The molecule has 0 fully saturated rings. The van der Waals surface area contributed by atoms with Gasteiger partial charge in [-0.25, -0.2) is 13.6 Å². The summed E-state index contributed by atoms with van der Waals surface area (Å²) in [6.45, 7) is 4.30. The van der Waals surface area contributed by atoms with E-state index in [1.807, 2.05) is 30.5 Å². The van der Waals surface area contributed by atoms with Crippen molar-refractivity contribution in [3.05, 3.63) is 72.4 Å². The Morgan fingerprint density at radius 2 is 1.68 bits per heavy atom. The summed E-state index contributed by atoms with van der Waals surface area (Å²) in [5.74, 6) is 0. The maximum atomic E-state index is 11.4. The van der Waals surface area contributed by atoms with Gasteiger partial charge in [-0.2, -0.15) is 5.10 Å². The van der Waals surface area contributed by atoms with Crippen molar-refractivity contribution in [3.8, 4) is 22.4 Å². The minimum Gasteiger partial charge on any atom is -0.268 e. The standard InChI is InChI=1S/C18H16ClN3O2S/c1-2-11-22-12-17(13-3-7-15(19)8-4-13)18(21-22)14-5-9-16(10-6-14)25(20,23)24/h2-10,12H,1,11H2,(H2,20,23,24). The smallest absolute Gasteiger partial charge is 0.238 e. The number of halogens is 1. The number of sulfonamides is 1. The number of aromatic nitrogens is 2. The van der Waals surface area contributed by atoms with E-state index in [0.717, 1.165) is 22.4 Å². The molecule has 25 heavy (non-hydrogen) atoms. The molecule has 128 valence electrons. The van der Waals surface area contributed by atoms with E-state index in [2.05, 4.69) is 11.7 Å². The first-order valence-corrected chi connectivity index (χ1v) is 9.38. The highest BCUT2D eigenvalue weighted by Crippen LogP contribution is 2.32. The number of allylic oxidation sites excluding steroid dienone is 1. The van der Waals surface area contributed by atoms with Gasteiger partial charge in [-0.15, -0.1) is 6.58 Å². The Balaban J connectivity index is 2.11. The summed E-state index contributed by atoms with van der Waals surface area (Å²) < 4.78 is 24.6. The molecule has 1 heterocycles. The van der Waals surface area contributed by atoms with Crippen LogP contribution in [0.15, 0.2) is 72.3 Å². The Morgan fingerprint density at radius 3 is 2.24 bits per heavy atom. The van der Waals surface area contributed by atoms with Crippen LogP contribution in [0.4, 0.5) is 0 Å². The molecule has 2 N–H and O–H groups in total. The topological polar surface area (TPSA) is 78.0 Å². The minimum absolute atomic E-state index is 0.0646. The highest BCUT2D eigenvalue weighted by atomic mass is 35.5. The van der Waals surface area contributed by atoms with E-state index >= 15 is 0 Å². The third-order valence-corrected chi connectivity index (χ3v) is 4.87. The van der Waals surface area contributed by atoms with Crippen LogP contribution >= 0.6 is 11.6 Å². The predicted octanol–water partition coefficient (Wildman–Crippen LogP) is 3.70. The molecule has 7 heteroatoms. The second-order valence-electron chi connectivity index (χ2n) is 5.48. The predicted molar refractivity (Wildman–Crippen MR) is 99.7 cm³/mol. The summed E-state index contributed by atoms with van der Waals surface area (Å²) in [6.07, 6.45) is 3.68. The highest BCUT2D eigenvalue weighted by molar-refractivity contribution is 7.89. The molecule has 5 nitrogen and oxygen atoms in total. The summed E-state index contributed by atoms with van der Waals surface area (Å²) in [6, 6.07) is 13.8. The molecule has 0 spiro atoms. The molecular formula is C18H16ClN3O2S. The molecule has 0 bridgehead atoms. The summed E-state index contributed by atoms with van der Waals surface area (Å²) in [7, 11) is -3.73. The maximum Gasteiger partial charge on any atom is 0.238 e. The Hall–Kier alpha value is -2.41. The lowest BCUT2D eigenvalue weighted by molar-refractivity contribution is 0.598. The molecule has 0 aliphatic rings. The number of nitrogens with zero attached hydrogens (tertiary/aromatic N) is 2. The first kappa shape index (κ1) is 17.4. The fourth-order valence-electron chi connectivity index (χ4n) is 2.50. The van der Waals surface area contributed by atoms with Crippen LogP contribution in [0.3, 0.4) is 0 Å². The molecule has 0 amide bonds. The summed E-state index contributed by atoms with van der Waals surface area (Å²) in [5.41, 5.74) is 3.41.